The minimum absolute atomic E-state index is 0.0167. The molecule has 0 aromatic heterocycles. The second kappa shape index (κ2) is 18.0. The van der Waals surface area contributed by atoms with Crippen molar-refractivity contribution in [2.45, 2.75) is 58.1 Å². The minimum atomic E-state index is -0.911. The lowest BCUT2D eigenvalue weighted by Gasteiger charge is -2.16. The highest BCUT2D eigenvalue weighted by molar-refractivity contribution is 14.2. The molecule has 0 aromatic rings. The molecule has 0 saturated heterocycles. The van der Waals surface area contributed by atoms with Crippen molar-refractivity contribution in [1.29, 1.82) is 0 Å². The van der Waals surface area contributed by atoms with E-state index in [0.29, 0.717) is 30.2 Å². The number of unbranched alkanes of at least 4 members (excludes halogenated alkanes) is 1. The molecule has 0 heterocycles. The van der Waals surface area contributed by atoms with Crippen LogP contribution in [0.25, 0.3) is 0 Å². The molecule has 0 fully saturated rings. The maximum Gasteiger partial charge on any atom is 0.306 e. The molecule has 1 amide bonds. The van der Waals surface area contributed by atoms with E-state index < -0.39 is 51.1 Å². The third-order valence-electron chi connectivity index (χ3n) is 3.71. The van der Waals surface area contributed by atoms with E-state index in [0.717, 1.165) is 0 Å². The Morgan fingerprint density at radius 1 is 1.03 bits per heavy atom. The number of alkyl halides is 1. The number of Topliss-reactive ketones (excluding diaryl/α,β-unsaturated/α-hetero) is 1. The Bertz CT molecular complexity index is 647. The standard InChI is InChI=1S/C18H30IN3O8S/c1-12(23)28-10-14(30-13(2)24)11-29-18(27)7-6-17(26)21-8-4-3-5-15(20)16(25)9-19-22-31/h14-15,31H,3-11,20H2,1-2H3,(H,21,26). The quantitative estimate of drug-likeness (QED) is 0.0608. The highest BCUT2D eigenvalue weighted by Crippen LogP contribution is 2.07. The van der Waals surface area contributed by atoms with Crippen molar-refractivity contribution in [3.63, 3.8) is 0 Å². The smallest absolute Gasteiger partial charge is 0.306 e. The number of nitrogens with one attached hydrogen (secondary N) is 1. The van der Waals surface area contributed by atoms with Gasteiger partial charge in [0.25, 0.3) is 0 Å². The van der Waals surface area contributed by atoms with Crippen LogP contribution in [-0.4, -0.2) is 65.9 Å². The molecule has 11 nitrogen and oxygen atoms in total. The van der Waals surface area contributed by atoms with Gasteiger partial charge >= 0.3 is 17.9 Å². The fourth-order valence-electron chi connectivity index (χ4n) is 2.19. The summed E-state index contributed by atoms with van der Waals surface area (Å²) >= 11 is 3.16. The van der Waals surface area contributed by atoms with Crippen LogP contribution >= 0.6 is 33.8 Å². The van der Waals surface area contributed by atoms with Crippen LogP contribution in [0.2, 0.25) is 0 Å². The predicted molar refractivity (Wildman–Crippen MR) is 123 cm³/mol. The van der Waals surface area contributed by atoms with E-state index in [9.17, 15) is 24.0 Å². The first-order valence-electron chi connectivity index (χ1n) is 9.59. The first kappa shape index (κ1) is 29.4. The Balaban J connectivity index is 3.97. The molecule has 0 spiro atoms. The number of carbonyl (C=O) groups excluding carboxylic acids is 5. The highest BCUT2D eigenvalue weighted by atomic mass is 127. The molecule has 0 saturated carbocycles. The van der Waals surface area contributed by atoms with Gasteiger partial charge < -0.3 is 25.3 Å². The number of hydrogen-bond donors (Lipinski definition) is 3. The number of ether oxygens (including phenoxy) is 3. The third kappa shape index (κ3) is 17.7. The number of thiol groups is 1. The number of nitrogens with two attached hydrogens (primary N) is 1. The lowest BCUT2D eigenvalue weighted by atomic mass is 10.1. The van der Waals surface area contributed by atoms with E-state index in [-0.39, 0.29) is 37.7 Å². The number of halogens is 1. The van der Waals surface area contributed by atoms with Crippen LogP contribution < -0.4 is 11.1 Å². The molecule has 0 aliphatic rings. The normalized spacial score (nSPS) is 12.9. The molecule has 0 aromatic carbocycles. The van der Waals surface area contributed by atoms with Gasteiger partial charge in [-0.15, -0.1) is 0 Å². The zero-order valence-corrected chi connectivity index (χ0v) is 20.7. The molecule has 31 heavy (non-hydrogen) atoms. The zero-order chi connectivity index (χ0) is 23.6. The summed E-state index contributed by atoms with van der Waals surface area (Å²) in [5.74, 6) is -2.13. The van der Waals surface area contributed by atoms with E-state index >= 15 is 0 Å². The molecule has 2 unspecified atom stereocenters. The van der Waals surface area contributed by atoms with Crippen LogP contribution in [0.3, 0.4) is 0 Å². The first-order valence-corrected chi connectivity index (χ1v) is 12.5. The summed E-state index contributed by atoms with van der Waals surface area (Å²) in [6, 6.07) is -0.517. The molecular formula is C18H30IN3O8S. The van der Waals surface area contributed by atoms with Crippen molar-refractivity contribution < 1.29 is 38.2 Å². The second-order valence-electron chi connectivity index (χ2n) is 6.46. The van der Waals surface area contributed by atoms with E-state index in [1.54, 1.807) is 0 Å². The van der Waals surface area contributed by atoms with Crippen LogP contribution in [0.4, 0.5) is 0 Å². The number of nitrogens with zero attached hydrogens (tertiary/aromatic N) is 1. The van der Waals surface area contributed by atoms with Gasteiger partial charge in [-0.05, 0) is 32.1 Å². The van der Waals surface area contributed by atoms with Crippen LogP contribution in [0.1, 0.15) is 46.0 Å². The van der Waals surface area contributed by atoms with E-state index in [4.69, 9.17) is 19.9 Å². The molecule has 178 valence electrons. The average molecular weight is 575 g/mol. The van der Waals surface area contributed by atoms with Crippen LogP contribution in [0.15, 0.2) is 2.55 Å². The molecular weight excluding hydrogens is 545 g/mol. The number of rotatable bonds is 16. The van der Waals surface area contributed by atoms with Gasteiger partial charge in [0.05, 0.1) is 16.9 Å². The monoisotopic (exact) mass is 575 g/mol. The SMILES string of the molecule is CC(=O)OCC(COC(=O)CCC(=O)NCCCCC(N)C(=O)CI=NS)OC(C)=O. The summed E-state index contributed by atoms with van der Waals surface area (Å²) in [5.41, 5.74) is 5.80. The lowest BCUT2D eigenvalue weighted by molar-refractivity contribution is -0.164. The van der Waals surface area contributed by atoms with Crippen molar-refractivity contribution in [2.75, 3.05) is 24.2 Å². The Hall–Kier alpha value is -1.61. The van der Waals surface area contributed by atoms with Crippen LogP contribution in [-0.2, 0) is 38.2 Å². The van der Waals surface area contributed by atoms with Gasteiger partial charge in [0.15, 0.2) is 11.9 Å². The largest absolute Gasteiger partial charge is 0.462 e. The molecule has 13 heteroatoms. The fraction of sp³-hybridized carbons (Fsp3) is 0.722. The maximum atomic E-state index is 11.8. The summed E-state index contributed by atoms with van der Waals surface area (Å²) < 4.78 is 18.6. The number of carbonyl (C=O) groups is 5. The molecule has 0 radical (unpaired) electrons. The molecule has 0 aliphatic carbocycles. The molecule has 2 atom stereocenters. The second-order valence-corrected chi connectivity index (χ2v) is 9.36. The van der Waals surface area contributed by atoms with Crippen molar-refractivity contribution >= 4 is 63.4 Å². The van der Waals surface area contributed by atoms with Gasteiger partial charge in [0.1, 0.15) is 13.2 Å². The van der Waals surface area contributed by atoms with Gasteiger partial charge in [-0.1, -0.05) is 0 Å². The maximum absolute atomic E-state index is 11.8. The summed E-state index contributed by atoms with van der Waals surface area (Å²) in [6.07, 6.45) is 0.760. The van der Waals surface area contributed by atoms with E-state index in [1.807, 2.05) is 0 Å². The number of hydrogen-bond acceptors (Lipinski definition) is 11. The van der Waals surface area contributed by atoms with Crippen molar-refractivity contribution in [1.82, 2.24) is 5.32 Å². The Labute approximate surface area is 197 Å². The van der Waals surface area contributed by atoms with E-state index in [2.05, 4.69) is 20.7 Å². The molecule has 0 aliphatic heterocycles. The molecule has 3 N–H and O–H groups in total. The Kier molecular flexibility index (Phi) is 17.1. The van der Waals surface area contributed by atoms with Crippen molar-refractivity contribution in [3.05, 3.63) is 0 Å². The summed E-state index contributed by atoms with van der Waals surface area (Å²) in [6.45, 7) is 2.27. The number of esters is 3. The average Bonchev–Trinajstić information content (AvgIpc) is 2.71. The van der Waals surface area contributed by atoms with Crippen LogP contribution in [0, 0.1) is 0 Å². The number of ketones is 1. The summed E-state index contributed by atoms with van der Waals surface area (Å²) in [5, 5.41) is 2.68. The van der Waals surface area contributed by atoms with Gasteiger partial charge in [-0.2, -0.15) is 2.55 Å². The summed E-state index contributed by atoms with van der Waals surface area (Å²) in [4.78, 5) is 57.1. The topological polar surface area (TPSA) is 163 Å². The van der Waals surface area contributed by atoms with Gasteiger partial charge in [0.2, 0.25) is 5.91 Å². The number of amides is 1. The third-order valence-corrected chi connectivity index (χ3v) is 5.83. The minimum Gasteiger partial charge on any atom is -0.462 e. The van der Waals surface area contributed by atoms with Gasteiger partial charge in [-0.25, -0.2) is 0 Å². The fourth-order valence-corrected chi connectivity index (χ4v) is 3.60. The lowest BCUT2D eigenvalue weighted by Crippen LogP contribution is -2.32. The predicted octanol–water partition coefficient (Wildman–Crippen LogP) is 0.987. The highest BCUT2D eigenvalue weighted by Gasteiger charge is 2.17. The Morgan fingerprint density at radius 3 is 2.32 bits per heavy atom. The summed E-state index contributed by atoms with van der Waals surface area (Å²) in [7, 11) is 0. The molecule has 0 rings (SSSR count). The van der Waals surface area contributed by atoms with Crippen molar-refractivity contribution in [2.24, 2.45) is 8.28 Å². The van der Waals surface area contributed by atoms with Gasteiger partial charge in [0, 0.05) is 47.8 Å². The van der Waals surface area contributed by atoms with Crippen molar-refractivity contribution in [3.8, 4) is 0 Å². The first-order chi connectivity index (χ1) is 14.6. The molecule has 0 bridgehead atoms. The van der Waals surface area contributed by atoms with Gasteiger partial charge in [-0.3, -0.25) is 24.0 Å². The zero-order valence-electron chi connectivity index (χ0n) is 17.6. The van der Waals surface area contributed by atoms with E-state index in [1.165, 1.54) is 13.8 Å². The Morgan fingerprint density at radius 2 is 1.71 bits per heavy atom. The van der Waals surface area contributed by atoms with Crippen LogP contribution in [0.5, 0.6) is 0 Å².